The van der Waals surface area contributed by atoms with Gasteiger partial charge in [0.25, 0.3) is 0 Å². The highest BCUT2D eigenvalue weighted by atomic mass is 19.4. The predicted octanol–water partition coefficient (Wildman–Crippen LogP) is 3.95. The molecular weight excluding hydrogens is 417 g/mol. The fourth-order valence-electron chi connectivity index (χ4n) is 3.73. The first-order valence-corrected chi connectivity index (χ1v) is 10.9. The summed E-state index contributed by atoms with van der Waals surface area (Å²) in [5.74, 6) is -4.07. The number of rotatable bonds is 13. The van der Waals surface area contributed by atoms with Gasteiger partial charge in [-0.25, -0.2) is 0 Å². The number of methoxy groups -OCH3 is 1. The van der Waals surface area contributed by atoms with Crippen molar-refractivity contribution < 1.29 is 37.0 Å². The number of esters is 2. The lowest BCUT2D eigenvalue weighted by Gasteiger charge is -2.27. The second kappa shape index (κ2) is 13.5. The molecule has 7 nitrogen and oxygen atoms in total. The van der Waals surface area contributed by atoms with Crippen LogP contribution >= 0.6 is 0 Å². The molecule has 1 aliphatic heterocycles. The maximum Gasteiger partial charge on any atom is 0.431 e. The van der Waals surface area contributed by atoms with Gasteiger partial charge in [-0.2, -0.15) is 18.3 Å². The fraction of sp³-hybridized carbons (Fsp3) is 0.857. The zero-order valence-corrected chi connectivity index (χ0v) is 18.9. The van der Waals surface area contributed by atoms with Crippen molar-refractivity contribution in [2.45, 2.75) is 71.5 Å². The number of ether oxygens (including phenoxy) is 3. The Morgan fingerprint density at radius 3 is 2.23 bits per heavy atom. The zero-order chi connectivity index (χ0) is 23.4. The lowest BCUT2D eigenvalue weighted by molar-refractivity contribution is -0.164. The Labute approximate surface area is 182 Å². The lowest BCUT2D eigenvalue weighted by Crippen LogP contribution is -2.39. The van der Waals surface area contributed by atoms with Crippen molar-refractivity contribution in [3.8, 4) is 0 Å². The van der Waals surface area contributed by atoms with E-state index in [4.69, 9.17) is 14.2 Å². The number of nitrogens with zero attached hydrogens (tertiary/aromatic N) is 2. The molecule has 0 amide bonds. The Hall–Kier alpha value is -1.84. The molecule has 0 saturated carbocycles. The number of carbonyl (C=O) groups excluding carboxylic acids is 2. The molecule has 0 bridgehead atoms. The highest BCUT2D eigenvalue weighted by Gasteiger charge is 2.44. The van der Waals surface area contributed by atoms with Gasteiger partial charge in [0.1, 0.15) is 5.71 Å². The van der Waals surface area contributed by atoms with E-state index in [1.54, 1.807) is 13.8 Å². The van der Waals surface area contributed by atoms with Crippen LogP contribution in [0.5, 0.6) is 0 Å². The summed E-state index contributed by atoms with van der Waals surface area (Å²) >= 11 is 0. The minimum absolute atomic E-state index is 0.0158. The predicted molar refractivity (Wildman–Crippen MR) is 109 cm³/mol. The van der Waals surface area contributed by atoms with Crippen LogP contribution in [-0.4, -0.2) is 68.4 Å². The maximum atomic E-state index is 13.9. The molecule has 0 spiro atoms. The SMILES string of the molecule is CCCC[C@H](C/C(=N\N1CCC[C@H]1COC)C(F)(F)F)C(C(=O)OCC)C(=O)OCC. The summed E-state index contributed by atoms with van der Waals surface area (Å²) < 4.78 is 56.8. The fourth-order valence-corrected chi connectivity index (χ4v) is 3.73. The van der Waals surface area contributed by atoms with Crippen LogP contribution in [0.15, 0.2) is 5.10 Å². The van der Waals surface area contributed by atoms with Crippen LogP contribution in [0.2, 0.25) is 0 Å². The molecule has 0 radical (unpaired) electrons. The monoisotopic (exact) mass is 452 g/mol. The van der Waals surface area contributed by atoms with E-state index in [-0.39, 0.29) is 32.3 Å². The standard InChI is InChI=1S/C21H35F3N2O5/c1-5-8-10-15(18(19(27)30-6-2)20(28)31-7-3)13-17(21(22,23)24)25-26-12-9-11-16(26)14-29-4/h15-16,18H,5-14H2,1-4H3/b25-17+/t15-,16+/m1/s1. The van der Waals surface area contributed by atoms with E-state index in [2.05, 4.69) is 5.10 Å². The van der Waals surface area contributed by atoms with E-state index in [1.165, 1.54) is 12.1 Å². The van der Waals surface area contributed by atoms with Gasteiger partial charge in [0.15, 0.2) is 5.92 Å². The van der Waals surface area contributed by atoms with E-state index < -0.39 is 42.1 Å². The van der Waals surface area contributed by atoms with Crippen LogP contribution in [-0.2, 0) is 23.8 Å². The molecule has 1 aliphatic rings. The molecule has 0 N–H and O–H groups in total. The van der Waals surface area contributed by atoms with Gasteiger partial charge >= 0.3 is 18.1 Å². The third-order valence-corrected chi connectivity index (χ3v) is 5.22. The van der Waals surface area contributed by atoms with Crippen LogP contribution < -0.4 is 0 Å². The van der Waals surface area contributed by atoms with E-state index in [9.17, 15) is 22.8 Å². The van der Waals surface area contributed by atoms with Gasteiger partial charge in [0, 0.05) is 20.1 Å². The van der Waals surface area contributed by atoms with Gasteiger partial charge < -0.3 is 14.2 Å². The summed E-state index contributed by atoms with van der Waals surface area (Å²) in [6.07, 6.45) is -2.35. The molecule has 0 aromatic heterocycles. The Kier molecular flexibility index (Phi) is 11.9. The lowest BCUT2D eigenvalue weighted by atomic mass is 9.83. The number of alkyl halides is 3. The Morgan fingerprint density at radius 2 is 1.74 bits per heavy atom. The normalized spacial score (nSPS) is 18.4. The number of unbranched alkanes of at least 4 members (excludes halogenated alkanes) is 1. The van der Waals surface area contributed by atoms with Gasteiger partial charge in [-0.1, -0.05) is 19.8 Å². The first-order valence-electron chi connectivity index (χ1n) is 10.9. The molecular formula is C21H35F3N2O5. The van der Waals surface area contributed by atoms with Crippen LogP contribution in [0.4, 0.5) is 13.2 Å². The molecule has 10 heteroatoms. The first-order chi connectivity index (χ1) is 14.7. The molecule has 1 heterocycles. The van der Waals surface area contributed by atoms with Crippen molar-refractivity contribution in [1.29, 1.82) is 0 Å². The summed E-state index contributed by atoms with van der Waals surface area (Å²) in [5.41, 5.74) is -1.00. The molecule has 1 fully saturated rings. The molecule has 180 valence electrons. The third-order valence-electron chi connectivity index (χ3n) is 5.22. The number of carbonyl (C=O) groups is 2. The summed E-state index contributed by atoms with van der Waals surface area (Å²) in [6.45, 7) is 5.75. The number of hydrazone groups is 1. The van der Waals surface area contributed by atoms with Crippen molar-refractivity contribution in [3.05, 3.63) is 0 Å². The Morgan fingerprint density at radius 1 is 1.13 bits per heavy atom. The average Bonchev–Trinajstić information content (AvgIpc) is 3.12. The Bertz CT molecular complexity index is 580. The average molecular weight is 453 g/mol. The van der Waals surface area contributed by atoms with Crippen LogP contribution in [0.3, 0.4) is 0 Å². The summed E-state index contributed by atoms with van der Waals surface area (Å²) in [5, 5.41) is 5.34. The van der Waals surface area contributed by atoms with Crippen molar-refractivity contribution >= 4 is 17.7 Å². The third kappa shape index (κ3) is 8.66. The van der Waals surface area contributed by atoms with Crippen LogP contribution in [0, 0.1) is 11.8 Å². The number of halogens is 3. The molecule has 0 unspecified atom stereocenters. The van der Waals surface area contributed by atoms with Crippen molar-refractivity contribution in [3.63, 3.8) is 0 Å². The van der Waals surface area contributed by atoms with Gasteiger partial charge in [-0.15, -0.1) is 0 Å². The molecule has 2 atom stereocenters. The van der Waals surface area contributed by atoms with Crippen LogP contribution in [0.1, 0.15) is 59.3 Å². The quantitative estimate of drug-likeness (QED) is 0.239. The second-order valence-electron chi connectivity index (χ2n) is 7.55. The molecule has 1 saturated heterocycles. The molecule has 0 aromatic carbocycles. The molecule has 1 rings (SSSR count). The number of hydrogen-bond donors (Lipinski definition) is 0. The summed E-state index contributed by atoms with van der Waals surface area (Å²) in [7, 11) is 1.49. The van der Waals surface area contributed by atoms with Crippen molar-refractivity contribution in [2.24, 2.45) is 16.9 Å². The van der Waals surface area contributed by atoms with E-state index in [0.29, 0.717) is 25.8 Å². The van der Waals surface area contributed by atoms with Gasteiger partial charge in [0.2, 0.25) is 0 Å². The van der Waals surface area contributed by atoms with E-state index in [0.717, 1.165) is 6.42 Å². The minimum Gasteiger partial charge on any atom is -0.465 e. The number of hydrogen-bond acceptors (Lipinski definition) is 7. The molecule has 0 aromatic rings. The zero-order valence-electron chi connectivity index (χ0n) is 18.9. The van der Waals surface area contributed by atoms with Gasteiger partial charge in [-0.05, 0) is 39.0 Å². The molecule has 0 aliphatic carbocycles. The second-order valence-corrected chi connectivity index (χ2v) is 7.55. The summed E-state index contributed by atoms with van der Waals surface area (Å²) in [4.78, 5) is 25.0. The maximum absolute atomic E-state index is 13.9. The highest BCUT2D eigenvalue weighted by molar-refractivity contribution is 5.97. The smallest absolute Gasteiger partial charge is 0.431 e. The topological polar surface area (TPSA) is 77.4 Å². The van der Waals surface area contributed by atoms with Gasteiger partial charge in [-0.3, -0.25) is 14.6 Å². The van der Waals surface area contributed by atoms with Crippen molar-refractivity contribution in [2.75, 3.05) is 33.5 Å². The highest BCUT2D eigenvalue weighted by Crippen LogP contribution is 2.32. The van der Waals surface area contributed by atoms with Gasteiger partial charge in [0.05, 0.1) is 25.9 Å². The summed E-state index contributed by atoms with van der Waals surface area (Å²) in [6, 6.07) is -0.234. The Balaban J connectivity index is 3.26. The molecule has 31 heavy (non-hydrogen) atoms. The van der Waals surface area contributed by atoms with E-state index in [1.807, 2.05) is 6.92 Å². The largest absolute Gasteiger partial charge is 0.465 e. The van der Waals surface area contributed by atoms with Crippen LogP contribution in [0.25, 0.3) is 0 Å². The van der Waals surface area contributed by atoms with E-state index >= 15 is 0 Å². The first kappa shape index (κ1) is 27.2. The minimum atomic E-state index is -4.70. The van der Waals surface area contributed by atoms with Crippen molar-refractivity contribution in [1.82, 2.24) is 5.01 Å².